The van der Waals surface area contributed by atoms with Gasteiger partial charge in [0.1, 0.15) is 6.10 Å². The highest BCUT2D eigenvalue weighted by atomic mass is 16.6. The summed E-state index contributed by atoms with van der Waals surface area (Å²) in [6, 6.07) is 0. The third-order valence-corrected chi connectivity index (χ3v) is 2.16. The molecule has 3 heteroatoms. The van der Waals surface area contributed by atoms with Gasteiger partial charge < -0.3 is 9.84 Å². The van der Waals surface area contributed by atoms with Crippen molar-refractivity contribution in [3.63, 3.8) is 0 Å². The van der Waals surface area contributed by atoms with Crippen LogP contribution < -0.4 is 0 Å². The molecule has 0 amide bonds. The first-order valence-electron chi connectivity index (χ1n) is 4.72. The Morgan fingerprint density at radius 1 is 1.79 bits per heavy atom. The van der Waals surface area contributed by atoms with Crippen molar-refractivity contribution in [2.45, 2.75) is 32.2 Å². The number of aliphatic hydroxyl groups is 1. The van der Waals surface area contributed by atoms with Crippen molar-refractivity contribution in [1.29, 1.82) is 0 Å². The first-order valence-corrected chi connectivity index (χ1v) is 4.72. The second kappa shape index (κ2) is 4.07. The van der Waals surface area contributed by atoms with Gasteiger partial charge in [0.2, 0.25) is 0 Å². The molecule has 0 aliphatic carbocycles. The van der Waals surface area contributed by atoms with Crippen molar-refractivity contribution >= 4 is 5.78 Å². The monoisotopic (exact) mass is 196 g/mol. The predicted molar refractivity (Wildman–Crippen MR) is 53.6 cm³/mol. The molecule has 0 aromatic rings. The minimum absolute atomic E-state index is 0.0591. The third kappa shape index (κ3) is 2.30. The van der Waals surface area contributed by atoms with Gasteiger partial charge in [-0.25, -0.2) is 0 Å². The Labute approximate surface area is 84.1 Å². The Morgan fingerprint density at radius 3 is 2.93 bits per heavy atom. The molecule has 1 rings (SSSR count). The van der Waals surface area contributed by atoms with E-state index in [-0.39, 0.29) is 11.7 Å². The number of hydrogen-bond acceptors (Lipinski definition) is 3. The normalized spacial score (nSPS) is 32.3. The Balaban J connectivity index is 2.83. The van der Waals surface area contributed by atoms with Crippen LogP contribution in [-0.4, -0.2) is 22.8 Å². The van der Waals surface area contributed by atoms with Crippen molar-refractivity contribution in [3.05, 3.63) is 24.8 Å². The number of hydrogen-bond donors (Lipinski definition) is 1. The highest BCUT2D eigenvalue weighted by Gasteiger charge is 2.35. The highest BCUT2D eigenvalue weighted by Crippen LogP contribution is 2.25. The largest absolute Gasteiger partial charge is 0.362 e. The Kier molecular flexibility index (Phi) is 3.24. The molecule has 0 fully saturated rings. The molecule has 14 heavy (non-hydrogen) atoms. The van der Waals surface area contributed by atoms with Gasteiger partial charge in [0.05, 0.1) is 0 Å². The van der Waals surface area contributed by atoms with E-state index in [2.05, 4.69) is 6.58 Å². The molecule has 0 saturated heterocycles. The summed E-state index contributed by atoms with van der Waals surface area (Å²) < 4.78 is 5.34. The van der Waals surface area contributed by atoms with Crippen molar-refractivity contribution in [3.8, 4) is 0 Å². The Hall–Kier alpha value is -0.930. The Morgan fingerprint density at radius 2 is 2.43 bits per heavy atom. The molecule has 1 aliphatic heterocycles. The van der Waals surface area contributed by atoms with E-state index in [1.165, 1.54) is 12.2 Å². The van der Waals surface area contributed by atoms with Crippen molar-refractivity contribution in [2.24, 2.45) is 5.92 Å². The second-order valence-electron chi connectivity index (χ2n) is 3.86. The quantitative estimate of drug-likeness (QED) is 0.694. The van der Waals surface area contributed by atoms with Crippen LogP contribution in [-0.2, 0) is 9.53 Å². The van der Waals surface area contributed by atoms with Gasteiger partial charge in [-0.05, 0) is 18.1 Å². The zero-order valence-electron chi connectivity index (χ0n) is 8.56. The molecule has 3 nitrogen and oxygen atoms in total. The third-order valence-electron chi connectivity index (χ3n) is 2.16. The molecule has 0 aromatic heterocycles. The summed E-state index contributed by atoms with van der Waals surface area (Å²) in [5.74, 6) is -1.39. The SMILES string of the molecule is C=CC[C@@]1(O)C=CC(=O)[C@@H](C(C)C)O1. The molecule has 0 radical (unpaired) electrons. The van der Waals surface area contributed by atoms with E-state index in [4.69, 9.17) is 4.74 Å². The molecule has 0 spiro atoms. The maximum absolute atomic E-state index is 11.4. The topological polar surface area (TPSA) is 46.5 Å². The summed E-state index contributed by atoms with van der Waals surface area (Å²) in [7, 11) is 0. The fourth-order valence-electron chi connectivity index (χ4n) is 1.41. The standard InChI is InChI=1S/C11H16O3/c1-4-6-11(13)7-5-9(12)10(14-11)8(2)3/h4-5,7-8,10,13H,1,6H2,2-3H3/t10-,11+/m1/s1. The van der Waals surface area contributed by atoms with Crippen LogP contribution in [0.5, 0.6) is 0 Å². The van der Waals surface area contributed by atoms with E-state index in [0.29, 0.717) is 6.42 Å². The van der Waals surface area contributed by atoms with Gasteiger partial charge in [-0.2, -0.15) is 0 Å². The molecule has 0 saturated carbocycles. The molecule has 1 aliphatic rings. The molecule has 78 valence electrons. The fraction of sp³-hybridized carbons (Fsp3) is 0.545. The number of ether oxygens (including phenoxy) is 1. The maximum Gasteiger partial charge on any atom is 0.190 e. The van der Waals surface area contributed by atoms with Crippen LogP contribution in [0.25, 0.3) is 0 Å². The van der Waals surface area contributed by atoms with Gasteiger partial charge in [0, 0.05) is 6.42 Å². The predicted octanol–water partition coefficient (Wildman–Crippen LogP) is 1.43. The molecule has 1 N–H and O–H groups in total. The van der Waals surface area contributed by atoms with Crippen LogP contribution in [0.2, 0.25) is 0 Å². The lowest BCUT2D eigenvalue weighted by Gasteiger charge is -2.33. The molecule has 0 bridgehead atoms. The van der Waals surface area contributed by atoms with Gasteiger partial charge in [0.15, 0.2) is 11.6 Å². The van der Waals surface area contributed by atoms with Crippen molar-refractivity contribution in [1.82, 2.24) is 0 Å². The second-order valence-corrected chi connectivity index (χ2v) is 3.86. The van der Waals surface area contributed by atoms with E-state index in [1.54, 1.807) is 6.08 Å². The van der Waals surface area contributed by atoms with Crippen LogP contribution in [0.3, 0.4) is 0 Å². The Bertz CT molecular complexity index is 268. The number of ketones is 1. The van der Waals surface area contributed by atoms with E-state index in [0.717, 1.165) is 0 Å². The van der Waals surface area contributed by atoms with E-state index in [9.17, 15) is 9.90 Å². The molecule has 0 aromatic carbocycles. The average Bonchev–Trinajstić information content (AvgIpc) is 2.10. The summed E-state index contributed by atoms with van der Waals surface area (Å²) in [4.78, 5) is 11.4. The fourth-order valence-corrected chi connectivity index (χ4v) is 1.41. The summed E-state index contributed by atoms with van der Waals surface area (Å²) in [5.41, 5.74) is 0. The number of rotatable bonds is 3. The minimum atomic E-state index is -1.36. The van der Waals surface area contributed by atoms with Gasteiger partial charge in [0.25, 0.3) is 0 Å². The van der Waals surface area contributed by atoms with Crippen LogP contribution in [0, 0.1) is 5.92 Å². The zero-order valence-corrected chi connectivity index (χ0v) is 8.56. The molecule has 0 unspecified atom stereocenters. The van der Waals surface area contributed by atoms with Crippen molar-refractivity contribution < 1.29 is 14.6 Å². The summed E-state index contributed by atoms with van der Waals surface area (Å²) in [5, 5.41) is 9.88. The molecular formula is C11H16O3. The first kappa shape index (κ1) is 11.1. The van der Waals surface area contributed by atoms with Gasteiger partial charge in [-0.1, -0.05) is 19.9 Å². The zero-order chi connectivity index (χ0) is 10.8. The van der Waals surface area contributed by atoms with Crippen LogP contribution in [0.15, 0.2) is 24.8 Å². The van der Waals surface area contributed by atoms with Gasteiger partial charge >= 0.3 is 0 Å². The van der Waals surface area contributed by atoms with Crippen LogP contribution in [0.1, 0.15) is 20.3 Å². The van der Waals surface area contributed by atoms with Gasteiger partial charge in [-0.15, -0.1) is 6.58 Å². The van der Waals surface area contributed by atoms with Crippen molar-refractivity contribution in [2.75, 3.05) is 0 Å². The minimum Gasteiger partial charge on any atom is -0.362 e. The van der Waals surface area contributed by atoms with Crippen LogP contribution in [0.4, 0.5) is 0 Å². The summed E-state index contributed by atoms with van der Waals surface area (Å²) in [6.07, 6.45) is 4.08. The molecule has 2 atom stereocenters. The maximum atomic E-state index is 11.4. The lowest BCUT2D eigenvalue weighted by atomic mass is 9.97. The van der Waals surface area contributed by atoms with Gasteiger partial charge in [-0.3, -0.25) is 4.79 Å². The molecule has 1 heterocycles. The first-order chi connectivity index (χ1) is 6.48. The van der Waals surface area contributed by atoms with E-state index < -0.39 is 11.9 Å². The lowest BCUT2D eigenvalue weighted by molar-refractivity contribution is -0.207. The number of carbonyl (C=O) groups excluding carboxylic acids is 1. The summed E-state index contributed by atoms with van der Waals surface area (Å²) >= 11 is 0. The highest BCUT2D eigenvalue weighted by molar-refractivity contribution is 5.94. The number of carbonyl (C=O) groups is 1. The average molecular weight is 196 g/mol. The van der Waals surface area contributed by atoms with Crippen LogP contribution >= 0.6 is 0 Å². The lowest BCUT2D eigenvalue weighted by Crippen LogP contribution is -2.43. The van der Waals surface area contributed by atoms with E-state index in [1.807, 2.05) is 13.8 Å². The summed E-state index contributed by atoms with van der Waals surface area (Å²) in [6.45, 7) is 7.30. The smallest absolute Gasteiger partial charge is 0.190 e. The van der Waals surface area contributed by atoms with E-state index >= 15 is 0 Å². The molecular weight excluding hydrogens is 180 g/mol.